The zero-order chi connectivity index (χ0) is 16.3. The average Bonchev–Trinajstić information content (AvgIpc) is 3.05. The molecule has 0 radical (unpaired) electrons. The summed E-state index contributed by atoms with van der Waals surface area (Å²) in [5.74, 6) is -1.27. The van der Waals surface area contributed by atoms with Crippen molar-refractivity contribution in [2.75, 3.05) is 0 Å². The highest BCUT2D eigenvalue weighted by molar-refractivity contribution is 7.09. The number of amides is 1. The first-order valence-electron chi connectivity index (χ1n) is 7.01. The molecule has 7 heteroatoms. The number of carbonyl (C=O) groups excluding carboxylic acids is 1. The smallest absolute Gasteiger partial charge is 0.326 e. The van der Waals surface area contributed by atoms with Gasteiger partial charge in [0.25, 0.3) is 5.91 Å². The van der Waals surface area contributed by atoms with Crippen LogP contribution >= 0.6 is 11.3 Å². The van der Waals surface area contributed by atoms with Crippen LogP contribution in [0.15, 0.2) is 17.6 Å². The zero-order valence-electron chi connectivity index (χ0n) is 12.7. The Balaban J connectivity index is 2.09. The highest BCUT2D eigenvalue weighted by atomic mass is 32.1. The number of aliphatic carboxylic acids is 1. The Labute approximate surface area is 132 Å². The maximum absolute atomic E-state index is 12.2. The quantitative estimate of drug-likeness (QED) is 0.762. The molecule has 0 aliphatic rings. The predicted octanol–water partition coefficient (Wildman–Crippen LogP) is 2.68. The van der Waals surface area contributed by atoms with Gasteiger partial charge in [-0.05, 0) is 25.3 Å². The molecule has 3 N–H and O–H groups in total. The maximum Gasteiger partial charge on any atom is 0.326 e. The number of nitrogens with one attached hydrogen (secondary N) is 2. The van der Waals surface area contributed by atoms with Crippen LogP contribution < -0.4 is 5.32 Å². The van der Waals surface area contributed by atoms with Crippen LogP contribution in [0.3, 0.4) is 0 Å². The number of nitrogens with zero attached hydrogens (tertiary/aromatic N) is 1. The van der Waals surface area contributed by atoms with Gasteiger partial charge < -0.3 is 15.4 Å². The minimum Gasteiger partial charge on any atom is -0.480 e. The fraction of sp³-hybridized carbons (Fsp3) is 0.400. The summed E-state index contributed by atoms with van der Waals surface area (Å²) in [7, 11) is 0. The van der Waals surface area contributed by atoms with Crippen molar-refractivity contribution in [1.29, 1.82) is 0 Å². The summed E-state index contributed by atoms with van der Waals surface area (Å²) >= 11 is 1.54. The Kier molecular flexibility index (Phi) is 4.97. The average molecular weight is 321 g/mol. The summed E-state index contributed by atoms with van der Waals surface area (Å²) < 4.78 is 0. The molecule has 0 fully saturated rings. The van der Waals surface area contributed by atoms with E-state index in [1.807, 2.05) is 26.2 Å². The molecule has 0 bridgehead atoms. The third kappa shape index (κ3) is 3.94. The molecule has 2 aromatic heterocycles. The highest BCUT2D eigenvalue weighted by Gasteiger charge is 2.22. The van der Waals surface area contributed by atoms with E-state index in [1.165, 1.54) is 11.3 Å². The molecule has 1 amide bonds. The minimum atomic E-state index is -1.02. The zero-order valence-corrected chi connectivity index (χ0v) is 13.5. The summed E-state index contributed by atoms with van der Waals surface area (Å²) in [6.07, 6.45) is 2.08. The topological polar surface area (TPSA) is 95.1 Å². The van der Waals surface area contributed by atoms with Gasteiger partial charge in [-0.25, -0.2) is 9.78 Å². The fourth-order valence-corrected chi connectivity index (χ4v) is 2.72. The van der Waals surface area contributed by atoms with E-state index in [9.17, 15) is 14.7 Å². The first-order valence-corrected chi connectivity index (χ1v) is 7.89. The molecule has 0 aliphatic carbocycles. The number of H-pyrrole nitrogens is 1. The van der Waals surface area contributed by atoms with E-state index in [0.717, 1.165) is 16.3 Å². The number of hydrogen-bond donors (Lipinski definition) is 3. The number of carbonyl (C=O) groups is 2. The Morgan fingerprint density at radius 1 is 1.45 bits per heavy atom. The van der Waals surface area contributed by atoms with E-state index in [-0.39, 0.29) is 5.92 Å². The van der Waals surface area contributed by atoms with Crippen molar-refractivity contribution in [2.24, 2.45) is 5.92 Å². The lowest BCUT2D eigenvalue weighted by atomic mass is 10.0. The Morgan fingerprint density at radius 3 is 2.73 bits per heavy atom. The molecular weight excluding hydrogens is 302 g/mol. The second kappa shape index (κ2) is 6.74. The first-order chi connectivity index (χ1) is 10.4. The lowest BCUT2D eigenvalue weighted by Gasteiger charge is -2.15. The van der Waals surface area contributed by atoms with E-state index in [0.29, 0.717) is 12.1 Å². The molecule has 0 aliphatic heterocycles. The van der Waals surface area contributed by atoms with Gasteiger partial charge >= 0.3 is 5.97 Å². The number of aromatic amines is 1. The number of rotatable bonds is 6. The van der Waals surface area contributed by atoms with Crippen LogP contribution in [0, 0.1) is 12.8 Å². The SMILES string of the molecule is Cc1nc(-c2c[nH]c(C(=O)N[C@@H](CC(C)C)C(=O)O)c2)cs1. The number of thiazole rings is 1. The maximum atomic E-state index is 12.2. The van der Waals surface area contributed by atoms with Gasteiger partial charge in [-0.2, -0.15) is 0 Å². The predicted molar refractivity (Wildman–Crippen MR) is 85.0 cm³/mol. The molecule has 2 aromatic rings. The molecule has 0 saturated heterocycles. The molecule has 118 valence electrons. The Bertz CT molecular complexity index is 675. The van der Waals surface area contributed by atoms with Gasteiger partial charge in [-0.15, -0.1) is 11.3 Å². The number of aryl methyl sites for hydroxylation is 1. The summed E-state index contributed by atoms with van der Waals surface area (Å²) in [5, 5.41) is 14.6. The third-order valence-corrected chi connectivity index (χ3v) is 3.93. The lowest BCUT2D eigenvalue weighted by Crippen LogP contribution is -2.41. The lowest BCUT2D eigenvalue weighted by molar-refractivity contribution is -0.139. The van der Waals surface area contributed by atoms with Gasteiger partial charge in [0, 0.05) is 17.1 Å². The van der Waals surface area contributed by atoms with Crippen molar-refractivity contribution < 1.29 is 14.7 Å². The Morgan fingerprint density at radius 2 is 2.18 bits per heavy atom. The Hall–Kier alpha value is -2.15. The fourth-order valence-electron chi connectivity index (χ4n) is 2.10. The summed E-state index contributed by atoms with van der Waals surface area (Å²) in [5.41, 5.74) is 1.94. The number of aromatic nitrogens is 2. The molecule has 0 spiro atoms. The first kappa shape index (κ1) is 16.2. The third-order valence-electron chi connectivity index (χ3n) is 3.15. The van der Waals surface area contributed by atoms with Gasteiger partial charge in [0.15, 0.2) is 0 Å². The van der Waals surface area contributed by atoms with Crippen LogP contribution in [0.2, 0.25) is 0 Å². The molecule has 0 unspecified atom stereocenters. The second-order valence-electron chi connectivity index (χ2n) is 5.55. The van der Waals surface area contributed by atoms with Crippen LogP contribution in [0.25, 0.3) is 11.3 Å². The van der Waals surface area contributed by atoms with Gasteiger partial charge in [0.05, 0.1) is 10.7 Å². The van der Waals surface area contributed by atoms with Gasteiger partial charge in [0.1, 0.15) is 11.7 Å². The largest absolute Gasteiger partial charge is 0.480 e. The van der Waals surface area contributed by atoms with Crippen molar-refractivity contribution in [1.82, 2.24) is 15.3 Å². The molecule has 0 saturated carbocycles. The van der Waals surface area contributed by atoms with Crippen molar-refractivity contribution in [3.63, 3.8) is 0 Å². The van der Waals surface area contributed by atoms with Crippen molar-refractivity contribution in [2.45, 2.75) is 33.2 Å². The number of hydrogen-bond acceptors (Lipinski definition) is 4. The summed E-state index contributed by atoms with van der Waals surface area (Å²) in [4.78, 5) is 30.6. The van der Waals surface area contributed by atoms with Gasteiger partial charge in [-0.1, -0.05) is 13.8 Å². The van der Waals surface area contributed by atoms with Gasteiger partial charge in [0.2, 0.25) is 0 Å². The molecule has 22 heavy (non-hydrogen) atoms. The molecule has 2 heterocycles. The van der Waals surface area contributed by atoms with E-state index >= 15 is 0 Å². The van der Waals surface area contributed by atoms with Gasteiger partial charge in [-0.3, -0.25) is 4.79 Å². The van der Waals surface area contributed by atoms with Crippen LogP contribution in [0.1, 0.15) is 35.8 Å². The molecule has 0 aromatic carbocycles. The standard InChI is InChI=1S/C15H19N3O3S/c1-8(2)4-12(15(20)21)18-14(19)11-5-10(6-16-11)13-7-22-9(3)17-13/h5-8,12,16H,4H2,1-3H3,(H,18,19)(H,20,21)/t12-/m0/s1. The molecule has 2 rings (SSSR count). The molecule has 6 nitrogen and oxygen atoms in total. The number of carboxylic acids is 1. The van der Waals surface area contributed by atoms with Crippen molar-refractivity contribution >= 4 is 23.2 Å². The van der Waals surface area contributed by atoms with E-state index in [4.69, 9.17) is 0 Å². The summed E-state index contributed by atoms with van der Waals surface area (Å²) in [6.45, 7) is 5.75. The van der Waals surface area contributed by atoms with Crippen LogP contribution in [-0.4, -0.2) is 33.0 Å². The van der Waals surface area contributed by atoms with Crippen LogP contribution in [0.4, 0.5) is 0 Å². The molecule has 1 atom stereocenters. The monoisotopic (exact) mass is 321 g/mol. The minimum absolute atomic E-state index is 0.179. The van der Waals surface area contributed by atoms with Crippen molar-refractivity contribution in [3.8, 4) is 11.3 Å². The van der Waals surface area contributed by atoms with Crippen molar-refractivity contribution in [3.05, 3.63) is 28.3 Å². The second-order valence-corrected chi connectivity index (χ2v) is 6.61. The van der Waals surface area contributed by atoms with E-state index < -0.39 is 17.9 Å². The highest BCUT2D eigenvalue weighted by Crippen LogP contribution is 2.22. The normalized spacial score (nSPS) is 12.4. The molecular formula is C15H19N3O3S. The van der Waals surface area contributed by atoms with Crippen LogP contribution in [-0.2, 0) is 4.79 Å². The summed E-state index contributed by atoms with van der Waals surface area (Å²) in [6, 6.07) is 0.791. The van der Waals surface area contributed by atoms with Crippen LogP contribution in [0.5, 0.6) is 0 Å². The van der Waals surface area contributed by atoms with E-state index in [1.54, 1.807) is 12.3 Å². The number of carboxylic acid groups (broad SMARTS) is 1. The van der Waals surface area contributed by atoms with E-state index in [2.05, 4.69) is 15.3 Å².